The molecule has 1 aromatic heterocycles. The number of hydrogen-bond donors (Lipinski definition) is 2. The van der Waals surface area contributed by atoms with Crippen LogP contribution in [0, 0.1) is 6.92 Å². The number of carbonyl (C=O) groups excluding carboxylic acids is 1. The minimum absolute atomic E-state index is 0.0785. The van der Waals surface area contributed by atoms with Crippen LogP contribution in [0.1, 0.15) is 17.9 Å². The zero-order valence-electron chi connectivity index (χ0n) is 13.6. The van der Waals surface area contributed by atoms with Crippen LogP contribution in [0.3, 0.4) is 0 Å². The molecular formula is C17H20N2O5. The van der Waals surface area contributed by atoms with E-state index in [2.05, 4.69) is 10.3 Å². The fourth-order valence-electron chi connectivity index (χ4n) is 2.06. The Morgan fingerprint density at radius 2 is 2.04 bits per heavy atom. The summed E-state index contributed by atoms with van der Waals surface area (Å²) in [6.45, 7) is 1.93. The number of hydrogen-bond acceptors (Lipinski definition) is 5. The van der Waals surface area contributed by atoms with Crippen LogP contribution in [0.15, 0.2) is 34.9 Å². The van der Waals surface area contributed by atoms with Crippen molar-refractivity contribution >= 4 is 11.9 Å². The molecule has 24 heavy (non-hydrogen) atoms. The Labute approximate surface area is 139 Å². The molecule has 1 amide bonds. The van der Waals surface area contributed by atoms with Crippen molar-refractivity contribution in [1.82, 2.24) is 10.3 Å². The number of carboxylic acids is 1. The Hall–Kier alpha value is -2.67. The van der Waals surface area contributed by atoms with E-state index in [9.17, 15) is 9.59 Å². The first-order chi connectivity index (χ1) is 11.5. The molecule has 0 aliphatic rings. The lowest BCUT2D eigenvalue weighted by Gasteiger charge is -2.11. The van der Waals surface area contributed by atoms with Gasteiger partial charge in [0, 0.05) is 25.5 Å². The second kappa shape index (κ2) is 8.26. The highest BCUT2D eigenvalue weighted by Crippen LogP contribution is 2.21. The van der Waals surface area contributed by atoms with Crippen molar-refractivity contribution in [3.63, 3.8) is 0 Å². The summed E-state index contributed by atoms with van der Waals surface area (Å²) in [6.07, 6.45) is 1.07. The van der Waals surface area contributed by atoms with Crippen LogP contribution in [-0.2, 0) is 20.7 Å². The van der Waals surface area contributed by atoms with Gasteiger partial charge in [0.2, 0.25) is 5.91 Å². The van der Waals surface area contributed by atoms with E-state index in [1.54, 1.807) is 6.20 Å². The number of nitrogens with zero attached hydrogens (tertiary/aromatic N) is 1. The zero-order chi connectivity index (χ0) is 17.5. The molecule has 2 rings (SSSR count). The van der Waals surface area contributed by atoms with E-state index in [-0.39, 0.29) is 18.9 Å². The van der Waals surface area contributed by atoms with Gasteiger partial charge in [-0.15, -0.1) is 0 Å². The molecule has 0 saturated heterocycles. The molecule has 0 radical (unpaired) electrons. The average molecular weight is 332 g/mol. The highest BCUT2D eigenvalue weighted by Gasteiger charge is 2.17. The number of aliphatic carboxylic acids is 1. The average Bonchev–Trinajstić information content (AvgIpc) is 3.03. The van der Waals surface area contributed by atoms with E-state index in [1.807, 2.05) is 31.2 Å². The second-order valence-corrected chi connectivity index (χ2v) is 5.35. The quantitative estimate of drug-likeness (QED) is 0.764. The third-order valence-electron chi connectivity index (χ3n) is 3.50. The molecule has 1 aromatic carbocycles. The Bertz CT molecular complexity index is 693. The molecule has 0 aliphatic carbocycles. The number of carbonyl (C=O) groups is 2. The zero-order valence-corrected chi connectivity index (χ0v) is 13.6. The predicted molar refractivity (Wildman–Crippen MR) is 86.4 cm³/mol. The number of benzene rings is 1. The summed E-state index contributed by atoms with van der Waals surface area (Å²) in [6, 6.07) is 7.87. The molecule has 0 saturated carbocycles. The van der Waals surface area contributed by atoms with E-state index >= 15 is 0 Å². The molecule has 1 unspecified atom stereocenters. The molecule has 1 heterocycles. The number of aryl methyl sites for hydroxylation is 2. The first-order valence-corrected chi connectivity index (χ1v) is 7.53. The molecule has 2 N–H and O–H groups in total. The largest absolute Gasteiger partial charge is 0.479 e. The van der Waals surface area contributed by atoms with Gasteiger partial charge >= 0.3 is 5.97 Å². The van der Waals surface area contributed by atoms with Crippen molar-refractivity contribution in [3.05, 3.63) is 41.9 Å². The summed E-state index contributed by atoms with van der Waals surface area (Å²) in [5, 5.41) is 11.3. The van der Waals surface area contributed by atoms with Crippen LogP contribution in [0.2, 0.25) is 0 Å². The Kier molecular flexibility index (Phi) is 6.08. The standard InChI is InChI=1S/C17H20N2O5/c1-11-3-5-12(6-4-11)13-9-19-16(24-13)8-7-15(20)18-10-14(23-2)17(21)22/h3-6,9,14H,7-8,10H2,1-2H3,(H,18,20)(H,21,22). The highest BCUT2D eigenvalue weighted by atomic mass is 16.5. The van der Waals surface area contributed by atoms with Crippen LogP contribution in [0.25, 0.3) is 11.3 Å². The monoisotopic (exact) mass is 332 g/mol. The molecule has 2 aromatic rings. The van der Waals surface area contributed by atoms with Crippen LogP contribution in [0.5, 0.6) is 0 Å². The first kappa shape index (κ1) is 17.7. The smallest absolute Gasteiger partial charge is 0.334 e. The summed E-state index contributed by atoms with van der Waals surface area (Å²) in [4.78, 5) is 26.7. The van der Waals surface area contributed by atoms with Crippen molar-refractivity contribution in [2.24, 2.45) is 0 Å². The Morgan fingerprint density at radius 3 is 2.67 bits per heavy atom. The summed E-state index contributed by atoms with van der Waals surface area (Å²) in [5.74, 6) is -0.292. The van der Waals surface area contributed by atoms with E-state index in [0.717, 1.165) is 11.1 Å². The minimum atomic E-state index is -1.12. The Balaban J connectivity index is 1.83. The number of rotatable bonds is 8. The molecular weight excluding hydrogens is 312 g/mol. The summed E-state index contributed by atoms with van der Waals surface area (Å²) >= 11 is 0. The molecule has 0 bridgehead atoms. The van der Waals surface area contributed by atoms with Crippen LogP contribution >= 0.6 is 0 Å². The lowest BCUT2D eigenvalue weighted by molar-refractivity contribution is -0.148. The number of ether oxygens (including phenoxy) is 1. The maximum Gasteiger partial charge on any atom is 0.334 e. The van der Waals surface area contributed by atoms with Crippen molar-refractivity contribution in [2.45, 2.75) is 25.9 Å². The number of oxazole rings is 1. The van der Waals surface area contributed by atoms with E-state index in [0.29, 0.717) is 18.1 Å². The molecule has 128 valence electrons. The minimum Gasteiger partial charge on any atom is -0.479 e. The summed E-state index contributed by atoms with van der Waals surface area (Å²) in [7, 11) is 1.28. The first-order valence-electron chi connectivity index (χ1n) is 7.53. The summed E-state index contributed by atoms with van der Waals surface area (Å²) in [5.41, 5.74) is 2.08. The Morgan fingerprint density at radius 1 is 1.33 bits per heavy atom. The molecule has 7 nitrogen and oxygen atoms in total. The molecule has 0 aliphatic heterocycles. The predicted octanol–water partition coefficient (Wildman–Crippen LogP) is 1.80. The van der Waals surface area contributed by atoms with Gasteiger partial charge in [0.1, 0.15) is 0 Å². The van der Waals surface area contributed by atoms with Crippen molar-refractivity contribution in [2.75, 3.05) is 13.7 Å². The topological polar surface area (TPSA) is 102 Å². The number of amides is 1. The number of methoxy groups -OCH3 is 1. The maximum atomic E-state index is 11.7. The number of carboxylic acid groups (broad SMARTS) is 1. The van der Waals surface area contributed by atoms with E-state index < -0.39 is 12.1 Å². The molecule has 1 atom stereocenters. The van der Waals surface area contributed by atoms with E-state index in [4.69, 9.17) is 14.3 Å². The summed E-state index contributed by atoms with van der Waals surface area (Å²) < 4.78 is 10.4. The van der Waals surface area contributed by atoms with E-state index in [1.165, 1.54) is 7.11 Å². The fourth-order valence-corrected chi connectivity index (χ4v) is 2.06. The van der Waals surface area contributed by atoms with Gasteiger partial charge < -0.3 is 19.6 Å². The van der Waals surface area contributed by atoms with Crippen LogP contribution < -0.4 is 5.32 Å². The second-order valence-electron chi connectivity index (χ2n) is 5.35. The fraction of sp³-hybridized carbons (Fsp3) is 0.353. The van der Waals surface area contributed by atoms with Gasteiger partial charge in [-0.2, -0.15) is 0 Å². The lowest BCUT2D eigenvalue weighted by atomic mass is 10.1. The third-order valence-corrected chi connectivity index (χ3v) is 3.50. The number of nitrogens with one attached hydrogen (secondary N) is 1. The van der Waals surface area contributed by atoms with Crippen LogP contribution in [0.4, 0.5) is 0 Å². The van der Waals surface area contributed by atoms with Crippen LogP contribution in [-0.4, -0.2) is 41.7 Å². The van der Waals surface area contributed by atoms with Crippen molar-refractivity contribution < 1.29 is 23.8 Å². The number of aromatic nitrogens is 1. The van der Waals surface area contributed by atoms with Crippen molar-refractivity contribution in [1.29, 1.82) is 0 Å². The lowest BCUT2D eigenvalue weighted by Crippen LogP contribution is -2.37. The van der Waals surface area contributed by atoms with Gasteiger partial charge in [-0.25, -0.2) is 9.78 Å². The maximum absolute atomic E-state index is 11.7. The van der Waals surface area contributed by atoms with Gasteiger partial charge in [-0.3, -0.25) is 4.79 Å². The third kappa shape index (κ3) is 4.92. The molecule has 0 fully saturated rings. The highest BCUT2D eigenvalue weighted by molar-refractivity contribution is 5.78. The normalized spacial score (nSPS) is 11.9. The molecule has 0 spiro atoms. The van der Waals surface area contributed by atoms with Crippen molar-refractivity contribution in [3.8, 4) is 11.3 Å². The van der Waals surface area contributed by atoms with Gasteiger partial charge in [0.25, 0.3) is 0 Å². The van der Waals surface area contributed by atoms with Gasteiger partial charge in [0.15, 0.2) is 17.8 Å². The van der Waals surface area contributed by atoms with Gasteiger partial charge in [-0.1, -0.05) is 29.8 Å². The SMILES string of the molecule is COC(CNC(=O)CCc1ncc(-c2ccc(C)cc2)o1)C(=O)O. The van der Waals surface area contributed by atoms with Gasteiger partial charge in [-0.05, 0) is 6.92 Å². The van der Waals surface area contributed by atoms with Gasteiger partial charge in [0.05, 0.1) is 12.7 Å². The molecule has 7 heteroatoms.